The van der Waals surface area contributed by atoms with Crippen molar-refractivity contribution in [2.45, 2.75) is 25.3 Å². The summed E-state index contributed by atoms with van der Waals surface area (Å²) in [4.78, 5) is 15.5. The monoisotopic (exact) mass is 350 g/mol. The second-order valence-corrected chi connectivity index (χ2v) is 7.44. The number of carbonyl (C=O) groups excluding carboxylic acids is 1. The highest BCUT2D eigenvalue weighted by Crippen LogP contribution is 2.48. The predicted molar refractivity (Wildman–Crippen MR) is 102 cm³/mol. The Morgan fingerprint density at radius 3 is 2.77 bits per heavy atom. The lowest BCUT2D eigenvalue weighted by atomic mass is 9.69. The molecule has 2 saturated heterocycles. The minimum absolute atomic E-state index is 0.196. The van der Waals surface area contributed by atoms with E-state index in [-0.39, 0.29) is 11.3 Å². The Hall–Kier alpha value is -2.33. The highest BCUT2D eigenvalue weighted by atomic mass is 16.5. The van der Waals surface area contributed by atoms with E-state index in [1.54, 1.807) is 7.11 Å². The summed E-state index contributed by atoms with van der Waals surface area (Å²) >= 11 is 0. The van der Waals surface area contributed by atoms with Crippen molar-refractivity contribution in [2.75, 3.05) is 26.7 Å². The van der Waals surface area contributed by atoms with Crippen molar-refractivity contribution < 1.29 is 9.53 Å². The lowest BCUT2D eigenvalue weighted by Gasteiger charge is -2.37. The molecule has 2 atom stereocenters. The van der Waals surface area contributed by atoms with Crippen LogP contribution in [0.5, 0.6) is 5.75 Å². The zero-order valence-electron chi connectivity index (χ0n) is 15.3. The smallest absolute Gasteiger partial charge is 0.231 e. The molecule has 26 heavy (non-hydrogen) atoms. The van der Waals surface area contributed by atoms with Gasteiger partial charge in [0.1, 0.15) is 5.75 Å². The van der Waals surface area contributed by atoms with E-state index in [2.05, 4.69) is 29.6 Å². The van der Waals surface area contributed by atoms with Crippen LogP contribution in [0.3, 0.4) is 0 Å². The van der Waals surface area contributed by atoms with Gasteiger partial charge in [-0.05, 0) is 42.6 Å². The zero-order valence-corrected chi connectivity index (χ0v) is 15.3. The summed E-state index contributed by atoms with van der Waals surface area (Å²) < 4.78 is 5.43. The van der Waals surface area contributed by atoms with Crippen molar-refractivity contribution in [3.8, 4) is 5.75 Å². The first-order valence-electron chi connectivity index (χ1n) is 9.41. The summed E-state index contributed by atoms with van der Waals surface area (Å²) in [5, 5.41) is 3.48. The minimum atomic E-state index is -0.334. The molecule has 4 nitrogen and oxygen atoms in total. The van der Waals surface area contributed by atoms with Gasteiger partial charge in [-0.25, -0.2) is 0 Å². The minimum Gasteiger partial charge on any atom is -0.497 e. The number of methoxy groups -OCH3 is 1. The average molecular weight is 350 g/mol. The Balaban J connectivity index is 1.67. The Morgan fingerprint density at radius 2 is 2.04 bits per heavy atom. The quantitative estimate of drug-likeness (QED) is 0.921. The van der Waals surface area contributed by atoms with Crippen molar-refractivity contribution in [2.24, 2.45) is 5.41 Å². The van der Waals surface area contributed by atoms with Gasteiger partial charge in [-0.1, -0.05) is 42.5 Å². The third-order valence-corrected chi connectivity index (χ3v) is 5.91. The summed E-state index contributed by atoms with van der Waals surface area (Å²) in [5.74, 6) is 1.35. The average Bonchev–Trinajstić information content (AvgIpc) is 2.95. The number of hydrogen-bond acceptors (Lipinski definition) is 3. The number of benzene rings is 2. The van der Waals surface area contributed by atoms with E-state index in [1.165, 1.54) is 11.1 Å². The number of likely N-dealkylation sites (tertiary alicyclic amines) is 1. The van der Waals surface area contributed by atoms with Crippen LogP contribution in [-0.2, 0) is 11.3 Å². The standard InChI is InChI=1S/C22H26N2O2/c1-26-19-10-5-9-18(13-19)20-15-24(14-17-7-3-2-4-8-17)21(25)22(20)11-6-12-23-16-22/h2-5,7-10,13,20,23H,6,11-12,14-16H2,1H3. The molecule has 2 aliphatic heterocycles. The topological polar surface area (TPSA) is 41.6 Å². The van der Waals surface area contributed by atoms with Gasteiger partial charge in [0, 0.05) is 25.6 Å². The number of nitrogens with zero attached hydrogens (tertiary/aromatic N) is 1. The summed E-state index contributed by atoms with van der Waals surface area (Å²) in [6.45, 7) is 3.21. The molecule has 2 aromatic rings. The Bertz CT molecular complexity index is 769. The zero-order chi connectivity index (χ0) is 18.0. The van der Waals surface area contributed by atoms with Gasteiger partial charge in [-0.15, -0.1) is 0 Å². The molecule has 2 aliphatic rings. The summed E-state index contributed by atoms with van der Waals surface area (Å²) in [6, 6.07) is 18.5. The lowest BCUT2D eigenvalue weighted by molar-refractivity contribution is -0.137. The number of hydrogen-bond donors (Lipinski definition) is 1. The van der Waals surface area contributed by atoms with Crippen LogP contribution in [-0.4, -0.2) is 37.6 Å². The number of carbonyl (C=O) groups is 1. The van der Waals surface area contributed by atoms with Crippen LogP contribution in [0.25, 0.3) is 0 Å². The van der Waals surface area contributed by atoms with Crippen LogP contribution < -0.4 is 10.1 Å². The van der Waals surface area contributed by atoms with Crippen LogP contribution in [0, 0.1) is 5.41 Å². The van der Waals surface area contributed by atoms with E-state index in [9.17, 15) is 4.79 Å². The van der Waals surface area contributed by atoms with E-state index in [1.807, 2.05) is 35.2 Å². The molecule has 136 valence electrons. The van der Waals surface area contributed by atoms with Gasteiger partial charge >= 0.3 is 0 Å². The van der Waals surface area contributed by atoms with E-state index < -0.39 is 0 Å². The summed E-state index contributed by atoms with van der Waals surface area (Å²) in [5.41, 5.74) is 2.06. The van der Waals surface area contributed by atoms with Gasteiger partial charge in [0.25, 0.3) is 0 Å². The van der Waals surface area contributed by atoms with Crippen molar-refractivity contribution in [1.82, 2.24) is 10.2 Å². The summed E-state index contributed by atoms with van der Waals surface area (Å²) in [7, 11) is 1.69. The van der Waals surface area contributed by atoms with Crippen LogP contribution in [0.2, 0.25) is 0 Å². The van der Waals surface area contributed by atoms with Crippen molar-refractivity contribution in [3.05, 3.63) is 65.7 Å². The molecule has 0 saturated carbocycles. The molecule has 0 aromatic heterocycles. The Morgan fingerprint density at radius 1 is 1.19 bits per heavy atom. The second kappa shape index (κ2) is 7.12. The Labute approximate surface area is 155 Å². The normalized spacial score (nSPS) is 25.7. The fourth-order valence-electron chi connectivity index (χ4n) is 4.57. The first kappa shape index (κ1) is 17.1. The van der Waals surface area contributed by atoms with Crippen molar-refractivity contribution in [1.29, 1.82) is 0 Å². The van der Waals surface area contributed by atoms with Gasteiger partial charge in [0.05, 0.1) is 12.5 Å². The van der Waals surface area contributed by atoms with Crippen LogP contribution >= 0.6 is 0 Å². The molecule has 4 heteroatoms. The lowest BCUT2D eigenvalue weighted by Crippen LogP contribution is -2.47. The van der Waals surface area contributed by atoms with E-state index >= 15 is 0 Å². The largest absolute Gasteiger partial charge is 0.497 e. The maximum absolute atomic E-state index is 13.5. The number of nitrogens with one attached hydrogen (secondary N) is 1. The highest BCUT2D eigenvalue weighted by Gasteiger charge is 2.54. The second-order valence-electron chi connectivity index (χ2n) is 7.44. The van der Waals surface area contributed by atoms with Crippen LogP contribution in [0.1, 0.15) is 29.9 Å². The SMILES string of the molecule is COc1cccc(C2CN(Cc3ccccc3)C(=O)C23CCCNC3)c1. The van der Waals surface area contributed by atoms with Gasteiger partial charge < -0.3 is 15.0 Å². The molecule has 0 bridgehead atoms. The number of piperidine rings is 1. The first-order valence-corrected chi connectivity index (χ1v) is 9.41. The Kier molecular flexibility index (Phi) is 4.68. The van der Waals surface area contributed by atoms with Gasteiger partial charge in [-0.2, -0.15) is 0 Å². The van der Waals surface area contributed by atoms with Gasteiger partial charge in [-0.3, -0.25) is 4.79 Å². The molecule has 2 fully saturated rings. The van der Waals surface area contributed by atoms with Crippen molar-refractivity contribution in [3.63, 3.8) is 0 Å². The molecule has 0 aliphatic carbocycles. The number of amides is 1. The highest BCUT2D eigenvalue weighted by molar-refractivity contribution is 5.87. The van der Waals surface area contributed by atoms with E-state index in [0.29, 0.717) is 12.5 Å². The molecule has 0 radical (unpaired) electrons. The number of rotatable bonds is 4. The maximum atomic E-state index is 13.5. The molecule has 4 rings (SSSR count). The third-order valence-electron chi connectivity index (χ3n) is 5.91. The molecular formula is C22H26N2O2. The van der Waals surface area contributed by atoms with Gasteiger partial charge in [0.15, 0.2) is 0 Å². The molecular weight excluding hydrogens is 324 g/mol. The van der Waals surface area contributed by atoms with E-state index in [0.717, 1.165) is 38.2 Å². The molecule has 2 unspecified atom stereocenters. The van der Waals surface area contributed by atoms with Gasteiger partial charge in [0.2, 0.25) is 5.91 Å². The number of ether oxygens (including phenoxy) is 1. The fourth-order valence-corrected chi connectivity index (χ4v) is 4.57. The van der Waals surface area contributed by atoms with Crippen molar-refractivity contribution >= 4 is 5.91 Å². The fraction of sp³-hybridized carbons (Fsp3) is 0.409. The maximum Gasteiger partial charge on any atom is 0.231 e. The van der Waals surface area contributed by atoms with E-state index in [4.69, 9.17) is 4.74 Å². The molecule has 2 heterocycles. The molecule has 1 amide bonds. The van der Waals surface area contributed by atoms with Crippen LogP contribution in [0.15, 0.2) is 54.6 Å². The predicted octanol–water partition coefficient (Wildman–Crippen LogP) is 3.19. The summed E-state index contributed by atoms with van der Waals surface area (Å²) in [6.07, 6.45) is 2.00. The molecule has 1 spiro atoms. The molecule has 1 N–H and O–H groups in total. The first-order chi connectivity index (χ1) is 12.7. The third kappa shape index (κ3) is 2.99. The molecule has 2 aromatic carbocycles. The van der Waals surface area contributed by atoms with Crippen LogP contribution in [0.4, 0.5) is 0 Å².